The second kappa shape index (κ2) is 6.39. The normalized spacial score (nSPS) is 18.0. The van der Waals surface area contributed by atoms with Crippen molar-refractivity contribution in [3.8, 4) is 0 Å². The summed E-state index contributed by atoms with van der Waals surface area (Å²) in [6.07, 6.45) is 0.110. The fourth-order valence-corrected chi connectivity index (χ4v) is 2.21. The summed E-state index contributed by atoms with van der Waals surface area (Å²) in [6.45, 7) is 3.81. The Labute approximate surface area is 123 Å². The highest BCUT2D eigenvalue weighted by atomic mass is 16.2. The van der Waals surface area contributed by atoms with Gasteiger partial charge in [0.05, 0.1) is 0 Å². The van der Waals surface area contributed by atoms with Crippen LogP contribution in [0, 0.1) is 0 Å². The SMILES string of the molecule is CC(C)NC(=O)CCN1C(=O)NC(c2ccccc2)C1=O. The maximum Gasteiger partial charge on any atom is 0.325 e. The standard InChI is InChI=1S/C15H19N3O3/c1-10(2)16-12(19)8-9-18-14(20)13(17-15(18)21)11-6-4-3-5-7-11/h3-7,10,13H,8-9H2,1-2H3,(H,16,19)(H,17,21). The number of carbonyl (C=O) groups excluding carboxylic acids is 3. The number of nitrogens with zero attached hydrogens (tertiary/aromatic N) is 1. The molecule has 0 saturated carbocycles. The van der Waals surface area contributed by atoms with Crippen LogP contribution in [0.3, 0.4) is 0 Å². The van der Waals surface area contributed by atoms with Gasteiger partial charge in [-0.1, -0.05) is 30.3 Å². The van der Waals surface area contributed by atoms with E-state index < -0.39 is 12.1 Å². The van der Waals surface area contributed by atoms with Gasteiger partial charge in [0.1, 0.15) is 6.04 Å². The van der Waals surface area contributed by atoms with Crippen LogP contribution >= 0.6 is 0 Å². The maximum atomic E-state index is 12.3. The number of carbonyl (C=O) groups is 3. The highest BCUT2D eigenvalue weighted by Gasteiger charge is 2.38. The molecule has 0 aliphatic carbocycles. The quantitative estimate of drug-likeness (QED) is 0.799. The number of amides is 4. The fourth-order valence-electron chi connectivity index (χ4n) is 2.21. The molecule has 1 unspecified atom stereocenters. The Morgan fingerprint density at radius 3 is 2.57 bits per heavy atom. The van der Waals surface area contributed by atoms with E-state index in [4.69, 9.17) is 0 Å². The second-order valence-electron chi connectivity index (χ2n) is 5.26. The minimum absolute atomic E-state index is 0.0395. The first-order valence-electron chi connectivity index (χ1n) is 6.95. The Balaban J connectivity index is 1.98. The van der Waals surface area contributed by atoms with Gasteiger partial charge in [0, 0.05) is 19.0 Å². The van der Waals surface area contributed by atoms with Crippen LogP contribution in [0.4, 0.5) is 4.79 Å². The number of urea groups is 1. The van der Waals surface area contributed by atoms with Gasteiger partial charge in [-0.05, 0) is 19.4 Å². The first-order chi connectivity index (χ1) is 9.99. The lowest BCUT2D eigenvalue weighted by Gasteiger charge is -2.14. The van der Waals surface area contributed by atoms with Crippen LogP contribution in [0.1, 0.15) is 31.9 Å². The van der Waals surface area contributed by atoms with Crippen LogP contribution in [0.5, 0.6) is 0 Å². The molecular weight excluding hydrogens is 270 g/mol. The molecule has 0 spiro atoms. The maximum absolute atomic E-state index is 12.3. The van der Waals surface area contributed by atoms with Crippen molar-refractivity contribution in [2.45, 2.75) is 32.4 Å². The third-order valence-corrected chi connectivity index (χ3v) is 3.17. The lowest BCUT2D eigenvalue weighted by Crippen LogP contribution is -2.37. The highest BCUT2D eigenvalue weighted by Crippen LogP contribution is 2.21. The van der Waals surface area contributed by atoms with Crippen LogP contribution in [-0.4, -0.2) is 35.3 Å². The molecule has 2 rings (SSSR count). The molecule has 0 bridgehead atoms. The molecule has 4 amide bonds. The molecule has 0 radical (unpaired) electrons. The van der Waals surface area contributed by atoms with Gasteiger partial charge >= 0.3 is 6.03 Å². The molecule has 1 aromatic carbocycles. The van der Waals surface area contributed by atoms with Gasteiger partial charge in [0.15, 0.2) is 0 Å². The van der Waals surface area contributed by atoms with Crippen molar-refractivity contribution in [1.82, 2.24) is 15.5 Å². The van der Waals surface area contributed by atoms with E-state index >= 15 is 0 Å². The average molecular weight is 289 g/mol. The van der Waals surface area contributed by atoms with E-state index in [2.05, 4.69) is 10.6 Å². The van der Waals surface area contributed by atoms with Gasteiger partial charge in [-0.15, -0.1) is 0 Å². The fraction of sp³-hybridized carbons (Fsp3) is 0.400. The summed E-state index contributed by atoms with van der Waals surface area (Å²) in [7, 11) is 0. The lowest BCUT2D eigenvalue weighted by molar-refractivity contribution is -0.128. The zero-order chi connectivity index (χ0) is 15.4. The molecule has 1 aliphatic heterocycles. The van der Waals surface area contributed by atoms with E-state index in [0.29, 0.717) is 0 Å². The van der Waals surface area contributed by atoms with Gasteiger partial charge in [0.2, 0.25) is 5.91 Å². The molecule has 2 N–H and O–H groups in total. The predicted octanol–water partition coefficient (Wildman–Crippen LogP) is 1.19. The zero-order valence-electron chi connectivity index (χ0n) is 12.1. The summed E-state index contributed by atoms with van der Waals surface area (Å²) < 4.78 is 0. The topological polar surface area (TPSA) is 78.5 Å². The number of imide groups is 1. The minimum atomic E-state index is -0.660. The summed E-state index contributed by atoms with van der Waals surface area (Å²) in [5.41, 5.74) is 0.741. The van der Waals surface area contributed by atoms with Gasteiger partial charge in [0.25, 0.3) is 5.91 Å². The lowest BCUT2D eigenvalue weighted by atomic mass is 10.1. The van der Waals surface area contributed by atoms with Crippen molar-refractivity contribution in [3.63, 3.8) is 0 Å². The second-order valence-corrected chi connectivity index (χ2v) is 5.26. The zero-order valence-corrected chi connectivity index (χ0v) is 12.1. The number of benzene rings is 1. The summed E-state index contributed by atoms with van der Waals surface area (Å²) in [5.74, 6) is -0.489. The van der Waals surface area contributed by atoms with E-state index in [-0.39, 0.29) is 30.8 Å². The van der Waals surface area contributed by atoms with Crippen LogP contribution < -0.4 is 10.6 Å². The summed E-state index contributed by atoms with van der Waals surface area (Å²) in [5, 5.41) is 5.37. The molecule has 112 valence electrons. The van der Waals surface area contributed by atoms with Crippen molar-refractivity contribution in [2.75, 3.05) is 6.54 Å². The molecule has 1 saturated heterocycles. The van der Waals surface area contributed by atoms with Gasteiger partial charge in [-0.2, -0.15) is 0 Å². The minimum Gasteiger partial charge on any atom is -0.354 e. The van der Waals surface area contributed by atoms with E-state index in [1.165, 1.54) is 0 Å². The Bertz CT molecular complexity index is 542. The van der Waals surface area contributed by atoms with Crippen molar-refractivity contribution >= 4 is 17.8 Å². The van der Waals surface area contributed by atoms with Crippen LogP contribution in [-0.2, 0) is 9.59 Å². The Morgan fingerprint density at radius 1 is 1.29 bits per heavy atom. The Hall–Kier alpha value is -2.37. The van der Waals surface area contributed by atoms with Crippen LogP contribution in [0.15, 0.2) is 30.3 Å². The van der Waals surface area contributed by atoms with Crippen molar-refractivity contribution in [1.29, 1.82) is 0 Å². The summed E-state index contributed by atoms with van der Waals surface area (Å²) in [6, 6.07) is 7.98. The predicted molar refractivity (Wildman–Crippen MR) is 77.3 cm³/mol. The number of hydrogen-bond acceptors (Lipinski definition) is 3. The largest absolute Gasteiger partial charge is 0.354 e. The van der Waals surface area contributed by atoms with E-state index in [1.54, 1.807) is 12.1 Å². The van der Waals surface area contributed by atoms with E-state index in [1.807, 2.05) is 32.0 Å². The molecule has 1 heterocycles. The number of hydrogen-bond donors (Lipinski definition) is 2. The molecule has 6 nitrogen and oxygen atoms in total. The third kappa shape index (κ3) is 3.59. The molecule has 1 aromatic rings. The smallest absolute Gasteiger partial charge is 0.325 e. The monoisotopic (exact) mass is 289 g/mol. The van der Waals surface area contributed by atoms with Gasteiger partial charge in [-0.25, -0.2) is 4.79 Å². The summed E-state index contributed by atoms with van der Waals surface area (Å²) in [4.78, 5) is 36.8. The molecular formula is C15H19N3O3. The number of rotatable bonds is 5. The van der Waals surface area contributed by atoms with Gasteiger partial charge < -0.3 is 10.6 Å². The van der Waals surface area contributed by atoms with Crippen molar-refractivity contribution in [3.05, 3.63) is 35.9 Å². The molecule has 0 aromatic heterocycles. The first kappa shape index (κ1) is 15.0. The Morgan fingerprint density at radius 2 is 1.95 bits per heavy atom. The highest BCUT2D eigenvalue weighted by molar-refractivity contribution is 6.04. The number of nitrogens with one attached hydrogen (secondary N) is 2. The molecule has 1 aliphatic rings. The molecule has 21 heavy (non-hydrogen) atoms. The first-order valence-corrected chi connectivity index (χ1v) is 6.95. The average Bonchev–Trinajstić information content (AvgIpc) is 2.72. The Kier molecular flexibility index (Phi) is 4.57. The summed E-state index contributed by atoms with van der Waals surface area (Å²) >= 11 is 0. The molecule has 6 heteroatoms. The van der Waals surface area contributed by atoms with Gasteiger partial charge in [-0.3, -0.25) is 14.5 Å². The van der Waals surface area contributed by atoms with Crippen molar-refractivity contribution in [2.24, 2.45) is 0 Å². The van der Waals surface area contributed by atoms with E-state index in [0.717, 1.165) is 10.5 Å². The molecule has 1 atom stereocenters. The van der Waals surface area contributed by atoms with Crippen LogP contribution in [0.2, 0.25) is 0 Å². The van der Waals surface area contributed by atoms with Crippen molar-refractivity contribution < 1.29 is 14.4 Å². The third-order valence-electron chi connectivity index (χ3n) is 3.17. The molecule has 1 fully saturated rings. The van der Waals surface area contributed by atoms with E-state index in [9.17, 15) is 14.4 Å². The van der Waals surface area contributed by atoms with Crippen LogP contribution in [0.25, 0.3) is 0 Å².